The number of carboxylic acid groups (broad SMARTS) is 1. The largest absolute Gasteiger partial charge is 0.481 e. The van der Waals surface area contributed by atoms with E-state index >= 15 is 0 Å². The molecule has 104 valence electrons. The van der Waals surface area contributed by atoms with Gasteiger partial charge in [-0.3, -0.25) is 14.9 Å². The maximum absolute atomic E-state index is 11.6. The van der Waals surface area contributed by atoms with Gasteiger partial charge in [0.2, 0.25) is 5.91 Å². The third kappa shape index (κ3) is 7.61. The second-order valence-corrected chi connectivity index (χ2v) is 3.52. The average molecular weight is 260 g/mol. The molecule has 18 heavy (non-hydrogen) atoms. The van der Waals surface area contributed by atoms with E-state index in [1.54, 1.807) is 6.92 Å². The van der Waals surface area contributed by atoms with E-state index in [1.165, 1.54) is 4.90 Å². The van der Waals surface area contributed by atoms with Crippen LogP contribution in [0, 0.1) is 0 Å². The van der Waals surface area contributed by atoms with Crippen molar-refractivity contribution in [2.24, 2.45) is 0 Å². The van der Waals surface area contributed by atoms with Crippen molar-refractivity contribution >= 4 is 17.9 Å². The third-order valence-corrected chi connectivity index (χ3v) is 2.19. The van der Waals surface area contributed by atoms with Crippen LogP contribution in [0.2, 0.25) is 0 Å². The molecule has 7 nitrogen and oxygen atoms in total. The van der Waals surface area contributed by atoms with E-state index in [2.05, 4.69) is 5.32 Å². The number of ether oxygens (including phenoxy) is 1. The van der Waals surface area contributed by atoms with E-state index in [0.717, 1.165) is 0 Å². The Hall–Kier alpha value is -1.63. The summed E-state index contributed by atoms with van der Waals surface area (Å²) in [5, 5.41) is 10.5. The highest BCUT2D eigenvalue weighted by molar-refractivity contribution is 5.95. The molecule has 0 unspecified atom stereocenters. The zero-order chi connectivity index (χ0) is 14.0. The lowest BCUT2D eigenvalue weighted by Gasteiger charge is -2.20. The van der Waals surface area contributed by atoms with Crippen LogP contribution in [0.3, 0.4) is 0 Å². The lowest BCUT2D eigenvalue weighted by Crippen LogP contribution is -2.44. The molecule has 7 heteroatoms. The van der Waals surface area contributed by atoms with Crippen LogP contribution in [-0.2, 0) is 14.3 Å². The molecule has 0 aromatic rings. The zero-order valence-electron chi connectivity index (χ0n) is 10.8. The van der Waals surface area contributed by atoms with Gasteiger partial charge in [-0.15, -0.1) is 0 Å². The Morgan fingerprint density at radius 3 is 2.39 bits per heavy atom. The Morgan fingerprint density at radius 2 is 1.89 bits per heavy atom. The summed E-state index contributed by atoms with van der Waals surface area (Å²) in [7, 11) is 0. The van der Waals surface area contributed by atoms with Crippen molar-refractivity contribution in [3.63, 3.8) is 0 Å². The summed E-state index contributed by atoms with van der Waals surface area (Å²) in [6, 6.07) is -0.521. The molecular weight excluding hydrogens is 240 g/mol. The summed E-state index contributed by atoms with van der Waals surface area (Å²) in [6.45, 7) is 5.45. The van der Waals surface area contributed by atoms with E-state index in [4.69, 9.17) is 9.84 Å². The van der Waals surface area contributed by atoms with Gasteiger partial charge in [0.25, 0.3) is 0 Å². The number of urea groups is 1. The fourth-order valence-corrected chi connectivity index (χ4v) is 1.20. The molecule has 0 rings (SSSR count). The SMILES string of the molecule is CCOCCN(CC)C(=O)NC(=O)CCC(=O)O. The Labute approximate surface area is 106 Å². The van der Waals surface area contributed by atoms with Gasteiger partial charge in [0.05, 0.1) is 13.0 Å². The zero-order valence-corrected chi connectivity index (χ0v) is 10.8. The quantitative estimate of drug-likeness (QED) is 0.617. The van der Waals surface area contributed by atoms with Gasteiger partial charge in [0.15, 0.2) is 0 Å². The number of nitrogens with one attached hydrogen (secondary N) is 1. The van der Waals surface area contributed by atoms with Gasteiger partial charge < -0.3 is 14.7 Å². The third-order valence-electron chi connectivity index (χ3n) is 2.19. The number of rotatable bonds is 8. The molecule has 0 spiro atoms. The molecule has 0 aromatic heterocycles. The van der Waals surface area contributed by atoms with Crippen LogP contribution in [0.5, 0.6) is 0 Å². The molecule has 2 N–H and O–H groups in total. The highest BCUT2D eigenvalue weighted by Gasteiger charge is 2.15. The maximum Gasteiger partial charge on any atom is 0.324 e. The van der Waals surface area contributed by atoms with Gasteiger partial charge >= 0.3 is 12.0 Å². The number of likely N-dealkylation sites (N-methyl/N-ethyl adjacent to an activating group) is 1. The van der Waals surface area contributed by atoms with Crippen molar-refractivity contribution in [1.29, 1.82) is 0 Å². The number of imide groups is 1. The average Bonchev–Trinajstić information content (AvgIpc) is 2.32. The molecule has 0 saturated carbocycles. The Balaban J connectivity index is 4.02. The number of carboxylic acids is 1. The summed E-state index contributed by atoms with van der Waals surface area (Å²) in [6.07, 6.45) is -0.492. The van der Waals surface area contributed by atoms with Crippen LogP contribution in [0.15, 0.2) is 0 Å². The molecule has 0 radical (unpaired) electrons. The molecule has 0 aliphatic carbocycles. The molecule has 0 saturated heterocycles. The highest BCUT2D eigenvalue weighted by Crippen LogP contribution is 1.93. The monoisotopic (exact) mass is 260 g/mol. The lowest BCUT2D eigenvalue weighted by molar-refractivity contribution is -0.138. The number of aliphatic carboxylic acids is 1. The normalized spacial score (nSPS) is 9.89. The molecule has 0 atom stereocenters. The fourth-order valence-electron chi connectivity index (χ4n) is 1.20. The van der Waals surface area contributed by atoms with Gasteiger partial charge in [-0.25, -0.2) is 4.79 Å². The minimum absolute atomic E-state index is 0.204. The summed E-state index contributed by atoms with van der Waals surface area (Å²) in [4.78, 5) is 34.6. The summed E-state index contributed by atoms with van der Waals surface area (Å²) in [5.41, 5.74) is 0. The smallest absolute Gasteiger partial charge is 0.324 e. The van der Waals surface area contributed by atoms with Gasteiger partial charge in [0, 0.05) is 26.1 Å². The molecule has 0 bridgehead atoms. The molecule has 0 fully saturated rings. The first-order chi connectivity index (χ1) is 8.51. The molecule has 0 aliphatic heterocycles. The Kier molecular flexibility index (Phi) is 8.55. The molecule has 0 heterocycles. The van der Waals surface area contributed by atoms with Gasteiger partial charge in [-0.1, -0.05) is 0 Å². The van der Waals surface area contributed by atoms with Crippen molar-refractivity contribution < 1.29 is 24.2 Å². The van der Waals surface area contributed by atoms with Crippen molar-refractivity contribution in [3.05, 3.63) is 0 Å². The number of hydrogen-bond acceptors (Lipinski definition) is 4. The first-order valence-corrected chi connectivity index (χ1v) is 5.89. The predicted octanol–water partition coefficient (Wildman–Crippen LogP) is 0.446. The van der Waals surface area contributed by atoms with Gasteiger partial charge in [-0.05, 0) is 13.8 Å². The number of carbonyl (C=O) groups excluding carboxylic acids is 2. The van der Waals surface area contributed by atoms with Crippen LogP contribution < -0.4 is 5.32 Å². The van der Waals surface area contributed by atoms with Crippen LogP contribution in [0.4, 0.5) is 4.79 Å². The Morgan fingerprint density at radius 1 is 1.22 bits per heavy atom. The van der Waals surface area contributed by atoms with Crippen LogP contribution in [0.25, 0.3) is 0 Å². The molecule has 0 aliphatic rings. The van der Waals surface area contributed by atoms with Crippen molar-refractivity contribution in [2.75, 3.05) is 26.3 Å². The number of amides is 3. The van der Waals surface area contributed by atoms with E-state index in [1.807, 2.05) is 6.92 Å². The van der Waals surface area contributed by atoms with E-state index in [0.29, 0.717) is 26.3 Å². The van der Waals surface area contributed by atoms with E-state index < -0.39 is 17.9 Å². The van der Waals surface area contributed by atoms with Crippen molar-refractivity contribution in [2.45, 2.75) is 26.7 Å². The van der Waals surface area contributed by atoms with Crippen molar-refractivity contribution in [1.82, 2.24) is 10.2 Å². The summed E-state index contributed by atoms with van der Waals surface area (Å²) < 4.78 is 5.12. The minimum atomic E-state index is -1.07. The molecular formula is C11H20N2O5. The second-order valence-electron chi connectivity index (χ2n) is 3.52. The van der Waals surface area contributed by atoms with Crippen molar-refractivity contribution in [3.8, 4) is 0 Å². The second kappa shape index (κ2) is 9.41. The predicted molar refractivity (Wildman–Crippen MR) is 64.1 cm³/mol. The first kappa shape index (κ1) is 16.4. The maximum atomic E-state index is 11.6. The number of carbonyl (C=O) groups is 3. The Bertz CT molecular complexity index is 293. The van der Waals surface area contributed by atoms with Gasteiger partial charge in [0.1, 0.15) is 0 Å². The minimum Gasteiger partial charge on any atom is -0.481 e. The van der Waals surface area contributed by atoms with Crippen LogP contribution >= 0.6 is 0 Å². The van der Waals surface area contributed by atoms with Crippen LogP contribution in [0.1, 0.15) is 26.7 Å². The summed E-state index contributed by atoms with van der Waals surface area (Å²) in [5.74, 6) is -1.65. The van der Waals surface area contributed by atoms with E-state index in [9.17, 15) is 14.4 Å². The number of hydrogen-bond donors (Lipinski definition) is 2. The topological polar surface area (TPSA) is 95.9 Å². The fraction of sp³-hybridized carbons (Fsp3) is 0.727. The first-order valence-electron chi connectivity index (χ1n) is 5.89. The standard InChI is InChI=1S/C11H20N2O5/c1-3-13(7-8-18-4-2)11(17)12-9(14)5-6-10(15)16/h3-8H2,1-2H3,(H,15,16)(H,12,14,17). The van der Waals surface area contributed by atoms with Crippen LogP contribution in [-0.4, -0.2) is 54.2 Å². The van der Waals surface area contributed by atoms with Gasteiger partial charge in [-0.2, -0.15) is 0 Å². The molecule has 0 aromatic carbocycles. The number of nitrogens with zero attached hydrogens (tertiary/aromatic N) is 1. The molecule has 3 amide bonds. The van der Waals surface area contributed by atoms with E-state index in [-0.39, 0.29) is 12.8 Å². The highest BCUT2D eigenvalue weighted by atomic mass is 16.5. The summed E-state index contributed by atoms with van der Waals surface area (Å²) >= 11 is 0. The lowest BCUT2D eigenvalue weighted by atomic mass is 10.3.